The second-order valence-electron chi connectivity index (χ2n) is 7.19. The lowest BCUT2D eigenvalue weighted by atomic mass is 9.77. The number of anilines is 1. The molecule has 0 bridgehead atoms. The van der Waals surface area contributed by atoms with E-state index in [4.69, 9.17) is 10.1 Å². The van der Waals surface area contributed by atoms with Crippen LogP contribution in [0, 0.1) is 11.3 Å². The average molecular weight is 469 g/mol. The second kappa shape index (κ2) is 10.4. The van der Waals surface area contributed by atoms with E-state index in [1.54, 1.807) is 11.4 Å². The number of oxime groups is 1. The van der Waals surface area contributed by atoms with Crippen LogP contribution in [0.1, 0.15) is 22.4 Å². The Labute approximate surface area is 200 Å². The van der Waals surface area contributed by atoms with E-state index in [2.05, 4.69) is 15.5 Å². The van der Waals surface area contributed by atoms with Gasteiger partial charge in [-0.2, -0.15) is 5.26 Å². The van der Waals surface area contributed by atoms with Crippen LogP contribution in [-0.2, 0) is 15.2 Å². The predicted molar refractivity (Wildman–Crippen MR) is 131 cm³/mol. The van der Waals surface area contributed by atoms with Crippen molar-refractivity contribution in [3.63, 3.8) is 0 Å². The molecule has 0 spiro atoms. The van der Waals surface area contributed by atoms with E-state index < -0.39 is 11.5 Å². The van der Waals surface area contributed by atoms with Gasteiger partial charge in [0.1, 0.15) is 17.3 Å². The molecular formula is C26H20N4O3S. The predicted octanol–water partition coefficient (Wildman–Crippen LogP) is 4.88. The SMILES string of the molecule is N#CCO/N=C(/C(=O)O)c1csc(NC(c2ccccc2)(c2ccccc2)c2ccccc2)n1. The molecular weight excluding hydrogens is 448 g/mol. The molecule has 7 nitrogen and oxygen atoms in total. The van der Waals surface area contributed by atoms with Gasteiger partial charge >= 0.3 is 5.97 Å². The average Bonchev–Trinajstić information content (AvgIpc) is 3.34. The summed E-state index contributed by atoms with van der Waals surface area (Å²) in [5.74, 6) is -1.30. The number of carbonyl (C=O) groups is 1. The largest absolute Gasteiger partial charge is 0.476 e. The number of nitrogens with zero attached hydrogens (tertiary/aromatic N) is 3. The molecule has 0 aliphatic heterocycles. The van der Waals surface area contributed by atoms with Gasteiger partial charge in [-0.25, -0.2) is 9.78 Å². The van der Waals surface area contributed by atoms with Crippen LogP contribution in [-0.4, -0.2) is 28.4 Å². The van der Waals surface area contributed by atoms with Gasteiger partial charge in [-0.05, 0) is 16.7 Å². The Balaban J connectivity index is 1.85. The highest BCUT2D eigenvalue weighted by Crippen LogP contribution is 2.40. The minimum absolute atomic E-state index is 0.140. The summed E-state index contributed by atoms with van der Waals surface area (Å²) >= 11 is 1.26. The van der Waals surface area contributed by atoms with E-state index in [1.165, 1.54) is 11.3 Å². The van der Waals surface area contributed by atoms with Gasteiger partial charge in [-0.3, -0.25) is 0 Å². The lowest BCUT2D eigenvalue weighted by Gasteiger charge is -2.36. The highest BCUT2D eigenvalue weighted by atomic mass is 32.1. The maximum Gasteiger partial charge on any atom is 0.360 e. The smallest absolute Gasteiger partial charge is 0.360 e. The third-order valence-electron chi connectivity index (χ3n) is 5.15. The van der Waals surface area contributed by atoms with E-state index >= 15 is 0 Å². The number of carboxylic acid groups (broad SMARTS) is 1. The van der Waals surface area contributed by atoms with Crippen molar-refractivity contribution in [1.82, 2.24) is 4.98 Å². The van der Waals surface area contributed by atoms with E-state index in [-0.39, 0.29) is 18.0 Å². The molecule has 0 atom stereocenters. The summed E-state index contributed by atoms with van der Waals surface area (Å²) in [6.45, 7) is -0.356. The number of carboxylic acids is 1. The molecule has 1 heterocycles. The van der Waals surface area contributed by atoms with Crippen LogP contribution in [0.2, 0.25) is 0 Å². The maximum absolute atomic E-state index is 11.7. The quantitative estimate of drug-likeness (QED) is 0.157. The minimum Gasteiger partial charge on any atom is -0.476 e. The number of hydrogen-bond acceptors (Lipinski definition) is 7. The summed E-state index contributed by atoms with van der Waals surface area (Å²) in [4.78, 5) is 21.0. The summed E-state index contributed by atoms with van der Waals surface area (Å²) in [6, 6.07) is 31.8. The summed E-state index contributed by atoms with van der Waals surface area (Å²) in [7, 11) is 0. The molecule has 0 saturated carbocycles. The third-order valence-corrected chi connectivity index (χ3v) is 5.91. The van der Waals surface area contributed by atoms with Crippen molar-refractivity contribution in [2.24, 2.45) is 5.16 Å². The summed E-state index contributed by atoms with van der Waals surface area (Å²) in [5, 5.41) is 27.4. The molecule has 0 amide bonds. The Morgan fingerprint density at radius 3 is 1.91 bits per heavy atom. The van der Waals surface area contributed by atoms with Crippen LogP contribution in [0.3, 0.4) is 0 Å². The van der Waals surface area contributed by atoms with Crippen molar-refractivity contribution in [2.75, 3.05) is 11.9 Å². The molecule has 1 aromatic heterocycles. The zero-order valence-corrected chi connectivity index (χ0v) is 18.8. The van der Waals surface area contributed by atoms with Crippen LogP contribution < -0.4 is 5.32 Å². The van der Waals surface area contributed by atoms with Gasteiger partial charge in [0.15, 0.2) is 5.13 Å². The number of aliphatic carboxylic acids is 1. The number of thiazole rings is 1. The van der Waals surface area contributed by atoms with Crippen molar-refractivity contribution in [2.45, 2.75) is 5.54 Å². The van der Waals surface area contributed by atoms with Gasteiger partial charge in [0, 0.05) is 5.38 Å². The highest BCUT2D eigenvalue weighted by molar-refractivity contribution is 7.14. The fourth-order valence-electron chi connectivity index (χ4n) is 3.70. The fourth-order valence-corrected chi connectivity index (χ4v) is 4.45. The summed E-state index contributed by atoms with van der Waals surface area (Å²) in [6.07, 6.45) is 0. The molecule has 8 heteroatoms. The fraction of sp³-hybridized carbons (Fsp3) is 0.0769. The summed E-state index contributed by atoms with van der Waals surface area (Å²) < 4.78 is 0. The van der Waals surface area contributed by atoms with Crippen molar-refractivity contribution >= 4 is 28.1 Å². The normalized spacial score (nSPS) is 11.4. The second-order valence-corrected chi connectivity index (χ2v) is 8.05. The molecule has 2 N–H and O–H groups in total. The molecule has 3 aromatic carbocycles. The van der Waals surface area contributed by atoms with Gasteiger partial charge in [-0.15, -0.1) is 11.3 Å². The molecule has 4 rings (SSSR count). The van der Waals surface area contributed by atoms with E-state index in [0.29, 0.717) is 5.13 Å². The molecule has 4 aromatic rings. The Hall–Kier alpha value is -4.48. The molecule has 0 saturated heterocycles. The first kappa shape index (κ1) is 22.7. The van der Waals surface area contributed by atoms with Crippen LogP contribution in [0.5, 0.6) is 0 Å². The zero-order chi connectivity index (χ0) is 23.8. The number of rotatable bonds is 9. The van der Waals surface area contributed by atoms with E-state index in [9.17, 15) is 9.90 Å². The third kappa shape index (κ3) is 4.65. The molecule has 34 heavy (non-hydrogen) atoms. The van der Waals surface area contributed by atoms with Crippen molar-refractivity contribution in [1.29, 1.82) is 5.26 Å². The molecule has 0 unspecified atom stereocenters. The first-order valence-corrected chi connectivity index (χ1v) is 11.2. The van der Waals surface area contributed by atoms with Crippen LogP contribution in [0.15, 0.2) is 102 Å². The van der Waals surface area contributed by atoms with Gasteiger partial charge in [-0.1, -0.05) is 96.2 Å². The first-order valence-electron chi connectivity index (χ1n) is 10.4. The van der Waals surface area contributed by atoms with Crippen LogP contribution in [0.4, 0.5) is 5.13 Å². The molecule has 168 valence electrons. The lowest BCUT2D eigenvalue weighted by molar-refractivity contribution is -0.129. The topological polar surface area (TPSA) is 108 Å². The highest BCUT2D eigenvalue weighted by Gasteiger charge is 2.37. The zero-order valence-electron chi connectivity index (χ0n) is 18.0. The Morgan fingerprint density at radius 2 is 1.47 bits per heavy atom. The van der Waals surface area contributed by atoms with Gasteiger partial charge in [0.25, 0.3) is 0 Å². The monoisotopic (exact) mass is 468 g/mol. The maximum atomic E-state index is 11.7. The number of aromatic nitrogens is 1. The Bertz CT molecular complexity index is 1220. The minimum atomic E-state index is -1.30. The molecule has 0 radical (unpaired) electrons. The number of nitriles is 1. The Kier molecular flexibility index (Phi) is 6.96. The molecule has 0 aliphatic rings. The van der Waals surface area contributed by atoms with Crippen molar-refractivity contribution in [3.8, 4) is 6.07 Å². The van der Waals surface area contributed by atoms with Gasteiger partial charge in [0.05, 0.1) is 0 Å². The first-order chi connectivity index (χ1) is 16.6. The van der Waals surface area contributed by atoms with Gasteiger partial charge < -0.3 is 15.3 Å². The van der Waals surface area contributed by atoms with E-state index in [1.807, 2.05) is 91.0 Å². The lowest BCUT2D eigenvalue weighted by Crippen LogP contribution is -2.38. The molecule has 0 fully saturated rings. The number of hydrogen-bond donors (Lipinski definition) is 2. The van der Waals surface area contributed by atoms with Crippen molar-refractivity contribution < 1.29 is 14.7 Å². The molecule has 0 aliphatic carbocycles. The number of nitrogens with one attached hydrogen (secondary N) is 1. The van der Waals surface area contributed by atoms with Gasteiger partial charge in [0.2, 0.25) is 12.3 Å². The van der Waals surface area contributed by atoms with Crippen LogP contribution >= 0.6 is 11.3 Å². The van der Waals surface area contributed by atoms with Crippen molar-refractivity contribution in [3.05, 3.63) is 119 Å². The Morgan fingerprint density at radius 1 is 0.971 bits per heavy atom. The number of benzene rings is 3. The van der Waals surface area contributed by atoms with E-state index in [0.717, 1.165) is 16.7 Å². The summed E-state index contributed by atoms with van der Waals surface area (Å²) in [5.41, 5.74) is 1.96. The van der Waals surface area contributed by atoms with Crippen LogP contribution in [0.25, 0.3) is 0 Å². The standard InChI is InChI=1S/C26H20N4O3S/c27-16-17-33-30-23(24(31)32)22-18-34-25(28-22)29-26(19-10-4-1-5-11-19,20-12-6-2-7-13-20)21-14-8-3-9-15-21/h1-15,18H,17H2,(H,28,29)(H,31,32)/b30-23+.